The molecule has 1 aromatic rings. The molecule has 0 radical (unpaired) electrons. The maximum atomic E-state index is 11.1. The Kier molecular flexibility index (Phi) is 2.97. The molecule has 4 nitrogen and oxygen atoms in total. The van der Waals surface area contributed by atoms with Gasteiger partial charge in [0.1, 0.15) is 0 Å². The van der Waals surface area contributed by atoms with Gasteiger partial charge in [0.25, 0.3) is 0 Å². The first-order valence-corrected chi connectivity index (χ1v) is 5.20. The molecule has 0 aromatic carbocycles. The molecule has 1 aromatic heterocycles. The lowest BCUT2D eigenvalue weighted by Crippen LogP contribution is -2.46. The second-order valence-electron chi connectivity index (χ2n) is 3.92. The Hall–Kier alpha value is -1.42. The summed E-state index contributed by atoms with van der Waals surface area (Å²) in [6.07, 6.45) is 5.45. The Bertz CT molecular complexity index is 339. The Morgan fingerprint density at radius 2 is 2.47 bits per heavy atom. The summed E-state index contributed by atoms with van der Waals surface area (Å²) < 4.78 is 0. The standard InChI is InChI=1S/C11H15N3O/c12-11(15)10-6-8(3-5-14-10)9-2-1-4-13-7-9/h1-2,4,7-8,10,14H,3,5-6H2,(H2,12,15). The van der Waals surface area contributed by atoms with E-state index in [2.05, 4.69) is 16.4 Å². The molecule has 15 heavy (non-hydrogen) atoms. The minimum Gasteiger partial charge on any atom is -0.368 e. The third kappa shape index (κ3) is 2.33. The highest BCUT2D eigenvalue weighted by atomic mass is 16.1. The summed E-state index contributed by atoms with van der Waals surface area (Å²) >= 11 is 0. The summed E-state index contributed by atoms with van der Waals surface area (Å²) in [6, 6.07) is 3.79. The number of hydrogen-bond donors (Lipinski definition) is 2. The molecular weight excluding hydrogens is 190 g/mol. The van der Waals surface area contributed by atoms with Gasteiger partial charge in [0.05, 0.1) is 6.04 Å². The molecule has 80 valence electrons. The molecule has 1 fully saturated rings. The number of amides is 1. The van der Waals surface area contributed by atoms with Crippen LogP contribution in [0.1, 0.15) is 24.3 Å². The van der Waals surface area contributed by atoms with Crippen LogP contribution in [0, 0.1) is 0 Å². The Labute approximate surface area is 88.9 Å². The summed E-state index contributed by atoms with van der Waals surface area (Å²) in [7, 11) is 0. The van der Waals surface area contributed by atoms with Crippen LogP contribution >= 0.6 is 0 Å². The first-order valence-electron chi connectivity index (χ1n) is 5.20. The highest BCUT2D eigenvalue weighted by Crippen LogP contribution is 2.26. The smallest absolute Gasteiger partial charge is 0.234 e. The van der Waals surface area contributed by atoms with Crippen LogP contribution in [0.4, 0.5) is 0 Å². The topological polar surface area (TPSA) is 68.0 Å². The molecule has 2 rings (SSSR count). The van der Waals surface area contributed by atoms with E-state index in [0.29, 0.717) is 5.92 Å². The van der Waals surface area contributed by atoms with E-state index in [4.69, 9.17) is 5.73 Å². The van der Waals surface area contributed by atoms with E-state index in [9.17, 15) is 4.79 Å². The van der Waals surface area contributed by atoms with E-state index >= 15 is 0 Å². The lowest BCUT2D eigenvalue weighted by atomic mass is 9.87. The molecule has 0 saturated carbocycles. The van der Waals surface area contributed by atoms with E-state index in [1.807, 2.05) is 12.3 Å². The van der Waals surface area contributed by atoms with E-state index in [1.165, 1.54) is 5.56 Å². The maximum Gasteiger partial charge on any atom is 0.234 e. The second kappa shape index (κ2) is 4.40. The van der Waals surface area contributed by atoms with Crippen LogP contribution in [0.2, 0.25) is 0 Å². The van der Waals surface area contributed by atoms with Crippen molar-refractivity contribution in [2.24, 2.45) is 5.73 Å². The number of nitrogens with one attached hydrogen (secondary N) is 1. The second-order valence-corrected chi connectivity index (χ2v) is 3.92. The summed E-state index contributed by atoms with van der Waals surface area (Å²) in [5.74, 6) is 0.140. The number of nitrogens with two attached hydrogens (primary N) is 1. The molecule has 1 amide bonds. The molecule has 2 heterocycles. The van der Waals surface area contributed by atoms with E-state index in [1.54, 1.807) is 6.20 Å². The molecule has 1 aliphatic heterocycles. The van der Waals surface area contributed by atoms with Crippen molar-refractivity contribution >= 4 is 5.91 Å². The summed E-state index contributed by atoms with van der Waals surface area (Å²) in [4.78, 5) is 15.2. The lowest BCUT2D eigenvalue weighted by molar-refractivity contribution is -0.120. The zero-order chi connectivity index (χ0) is 10.7. The van der Waals surface area contributed by atoms with Crippen molar-refractivity contribution in [2.45, 2.75) is 24.8 Å². The van der Waals surface area contributed by atoms with Crippen LogP contribution in [-0.4, -0.2) is 23.5 Å². The van der Waals surface area contributed by atoms with Crippen LogP contribution in [0.15, 0.2) is 24.5 Å². The number of rotatable bonds is 2. The first kappa shape index (κ1) is 10.1. The monoisotopic (exact) mass is 205 g/mol. The molecule has 3 N–H and O–H groups in total. The predicted octanol–water partition coefficient (Wildman–Crippen LogP) is 0.402. The van der Waals surface area contributed by atoms with Gasteiger partial charge in [0.15, 0.2) is 0 Å². The highest BCUT2D eigenvalue weighted by molar-refractivity contribution is 5.80. The summed E-state index contributed by atoms with van der Waals surface area (Å²) in [5, 5.41) is 3.12. The fourth-order valence-corrected chi connectivity index (χ4v) is 2.05. The van der Waals surface area contributed by atoms with Crippen molar-refractivity contribution in [3.63, 3.8) is 0 Å². The molecule has 0 aliphatic carbocycles. The van der Waals surface area contributed by atoms with Crippen molar-refractivity contribution in [3.05, 3.63) is 30.1 Å². The molecule has 2 atom stereocenters. The normalized spacial score (nSPS) is 26.1. The molecule has 1 saturated heterocycles. The van der Waals surface area contributed by atoms with Gasteiger partial charge in [0.2, 0.25) is 5.91 Å². The number of carbonyl (C=O) groups excluding carboxylic acids is 1. The van der Waals surface area contributed by atoms with Gasteiger partial charge in [0, 0.05) is 12.4 Å². The maximum absolute atomic E-state index is 11.1. The number of carbonyl (C=O) groups is 1. The molecule has 1 aliphatic rings. The van der Waals surface area contributed by atoms with Gasteiger partial charge in [-0.3, -0.25) is 9.78 Å². The number of hydrogen-bond acceptors (Lipinski definition) is 3. The predicted molar refractivity (Wildman–Crippen MR) is 57.2 cm³/mol. The SMILES string of the molecule is NC(=O)C1CC(c2cccnc2)CCN1. The Morgan fingerprint density at radius 3 is 3.13 bits per heavy atom. The van der Waals surface area contributed by atoms with Gasteiger partial charge in [-0.15, -0.1) is 0 Å². The van der Waals surface area contributed by atoms with Gasteiger partial charge in [-0.1, -0.05) is 6.07 Å². The highest BCUT2D eigenvalue weighted by Gasteiger charge is 2.25. The van der Waals surface area contributed by atoms with Crippen molar-refractivity contribution < 1.29 is 4.79 Å². The van der Waals surface area contributed by atoms with Crippen molar-refractivity contribution in [1.29, 1.82) is 0 Å². The number of pyridine rings is 1. The summed E-state index contributed by atoms with van der Waals surface area (Å²) in [5.41, 5.74) is 6.49. The number of aromatic nitrogens is 1. The van der Waals surface area contributed by atoms with Gasteiger partial charge in [-0.2, -0.15) is 0 Å². The summed E-state index contributed by atoms with van der Waals surface area (Å²) in [6.45, 7) is 0.840. The van der Waals surface area contributed by atoms with Crippen LogP contribution < -0.4 is 11.1 Å². The fraction of sp³-hybridized carbons (Fsp3) is 0.455. The number of nitrogens with zero attached hydrogens (tertiary/aromatic N) is 1. The van der Waals surface area contributed by atoms with E-state index < -0.39 is 0 Å². The molecular formula is C11H15N3O. The minimum absolute atomic E-state index is 0.191. The Morgan fingerprint density at radius 1 is 1.60 bits per heavy atom. The molecule has 0 spiro atoms. The van der Waals surface area contributed by atoms with Crippen molar-refractivity contribution in [1.82, 2.24) is 10.3 Å². The van der Waals surface area contributed by atoms with Crippen molar-refractivity contribution in [3.8, 4) is 0 Å². The Balaban J connectivity index is 2.08. The number of piperidine rings is 1. The third-order valence-corrected chi connectivity index (χ3v) is 2.90. The van der Waals surface area contributed by atoms with E-state index in [-0.39, 0.29) is 11.9 Å². The average Bonchev–Trinajstić information content (AvgIpc) is 2.30. The van der Waals surface area contributed by atoms with Crippen LogP contribution in [0.3, 0.4) is 0 Å². The zero-order valence-electron chi connectivity index (χ0n) is 8.52. The number of primary amides is 1. The molecule has 2 unspecified atom stereocenters. The van der Waals surface area contributed by atoms with Crippen LogP contribution in [-0.2, 0) is 4.79 Å². The van der Waals surface area contributed by atoms with Gasteiger partial charge in [-0.05, 0) is 36.9 Å². The minimum atomic E-state index is -0.261. The van der Waals surface area contributed by atoms with Gasteiger partial charge >= 0.3 is 0 Å². The third-order valence-electron chi connectivity index (χ3n) is 2.90. The van der Waals surface area contributed by atoms with Gasteiger partial charge in [-0.25, -0.2) is 0 Å². The van der Waals surface area contributed by atoms with Crippen LogP contribution in [0.25, 0.3) is 0 Å². The van der Waals surface area contributed by atoms with Gasteiger partial charge < -0.3 is 11.1 Å². The van der Waals surface area contributed by atoms with Crippen molar-refractivity contribution in [2.75, 3.05) is 6.54 Å². The molecule has 0 bridgehead atoms. The fourth-order valence-electron chi connectivity index (χ4n) is 2.05. The quantitative estimate of drug-likeness (QED) is 0.734. The largest absolute Gasteiger partial charge is 0.368 e. The average molecular weight is 205 g/mol. The molecule has 4 heteroatoms. The zero-order valence-corrected chi connectivity index (χ0v) is 8.52. The van der Waals surface area contributed by atoms with E-state index in [0.717, 1.165) is 19.4 Å². The first-order chi connectivity index (χ1) is 7.27. The van der Waals surface area contributed by atoms with Crippen LogP contribution in [0.5, 0.6) is 0 Å². The lowest BCUT2D eigenvalue weighted by Gasteiger charge is -2.28.